The van der Waals surface area contributed by atoms with Crippen molar-refractivity contribution >= 4 is 17.6 Å². The van der Waals surface area contributed by atoms with Crippen LogP contribution in [0.3, 0.4) is 0 Å². The van der Waals surface area contributed by atoms with Crippen LogP contribution in [0.15, 0.2) is 0 Å². The first-order valence-corrected chi connectivity index (χ1v) is 6.29. The zero-order valence-electron chi connectivity index (χ0n) is 9.38. The zero-order valence-corrected chi connectivity index (χ0v) is 10.1. The van der Waals surface area contributed by atoms with Crippen LogP contribution >= 0.6 is 11.6 Å². The van der Waals surface area contributed by atoms with Crippen LogP contribution in [0.1, 0.15) is 32.6 Å². The lowest BCUT2D eigenvalue weighted by atomic mass is 10.0. The van der Waals surface area contributed by atoms with E-state index in [-0.39, 0.29) is 12.0 Å². The second-order valence-electron chi connectivity index (χ2n) is 3.84. The molecule has 0 radical (unpaired) electrons. The minimum Gasteiger partial charge on any atom is -0.465 e. The Kier molecular flexibility index (Phi) is 6.03. The molecule has 0 amide bonds. The van der Waals surface area contributed by atoms with Gasteiger partial charge in [0.25, 0.3) is 0 Å². The fraction of sp³-hybridized carbons (Fsp3) is 0.909. The lowest BCUT2D eigenvalue weighted by molar-refractivity contribution is -0.150. The topological polar surface area (TPSA) is 29.5 Å². The Balaban J connectivity index is 2.45. The third kappa shape index (κ3) is 3.99. The van der Waals surface area contributed by atoms with Gasteiger partial charge in [0.1, 0.15) is 6.04 Å². The zero-order chi connectivity index (χ0) is 11.1. The molecule has 1 aliphatic heterocycles. The molecule has 0 bridgehead atoms. The summed E-state index contributed by atoms with van der Waals surface area (Å²) in [5, 5.41) is 0. The van der Waals surface area contributed by atoms with Gasteiger partial charge >= 0.3 is 5.97 Å². The molecule has 3 nitrogen and oxygen atoms in total. The summed E-state index contributed by atoms with van der Waals surface area (Å²) in [6.45, 7) is 4.23. The van der Waals surface area contributed by atoms with E-state index in [0.717, 1.165) is 32.4 Å². The first-order valence-electron chi connectivity index (χ1n) is 5.76. The van der Waals surface area contributed by atoms with Gasteiger partial charge < -0.3 is 4.74 Å². The SMILES string of the molecule is CCOC(=O)C1CCCCN1CCCCl. The molecule has 1 rings (SSSR count). The van der Waals surface area contributed by atoms with Crippen LogP contribution in [0.25, 0.3) is 0 Å². The predicted octanol–water partition coefficient (Wildman–Crippen LogP) is 2.03. The number of halogens is 1. The molecule has 4 heteroatoms. The van der Waals surface area contributed by atoms with Crippen LogP contribution in [0.4, 0.5) is 0 Å². The Morgan fingerprint density at radius 3 is 3.00 bits per heavy atom. The number of esters is 1. The van der Waals surface area contributed by atoms with E-state index in [0.29, 0.717) is 12.5 Å². The third-order valence-corrected chi connectivity index (χ3v) is 3.02. The summed E-state index contributed by atoms with van der Waals surface area (Å²) in [5.41, 5.74) is 0. The van der Waals surface area contributed by atoms with Crippen LogP contribution in [0, 0.1) is 0 Å². The Morgan fingerprint density at radius 2 is 2.33 bits per heavy atom. The largest absolute Gasteiger partial charge is 0.465 e. The number of rotatable bonds is 5. The number of likely N-dealkylation sites (tertiary alicyclic amines) is 1. The van der Waals surface area contributed by atoms with Crippen LogP contribution in [-0.4, -0.2) is 42.5 Å². The van der Waals surface area contributed by atoms with Crippen molar-refractivity contribution in [1.82, 2.24) is 4.90 Å². The summed E-state index contributed by atoms with van der Waals surface area (Å²) in [6, 6.07) is -0.0260. The van der Waals surface area contributed by atoms with Gasteiger partial charge in [0, 0.05) is 12.4 Å². The fourth-order valence-corrected chi connectivity index (χ4v) is 2.15. The van der Waals surface area contributed by atoms with Crippen molar-refractivity contribution in [1.29, 1.82) is 0 Å². The molecular formula is C11H20ClNO2. The van der Waals surface area contributed by atoms with E-state index in [9.17, 15) is 4.79 Å². The Labute approximate surface area is 96.7 Å². The highest BCUT2D eigenvalue weighted by Gasteiger charge is 2.28. The summed E-state index contributed by atoms with van der Waals surface area (Å²) in [5.74, 6) is 0.596. The summed E-state index contributed by atoms with van der Waals surface area (Å²) >= 11 is 5.67. The van der Waals surface area contributed by atoms with Gasteiger partial charge in [-0.3, -0.25) is 9.69 Å². The van der Waals surface area contributed by atoms with Crippen molar-refractivity contribution in [2.24, 2.45) is 0 Å². The molecule has 0 aromatic heterocycles. The maximum Gasteiger partial charge on any atom is 0.323 e. The van der Waals surface area contributed by atoms with Crippen molar-refractivity contribution in [2.45, 2.75) is 38.6 Å². The molecule has 0 aromatic rings. The number of hydrogen-bond donors (Lipinski definition) is 0. The average Bonchev–Trinajstić information content (AvgIpc) is 2.27. The minimum absolute atomic E-state index is 0.0260. The van der Waals surface area contributed by atoms with Gasteiger partial charge in [0.05, 0.1) is 6.61 Å². The van der Waals surface area contributed by atoms with Gasteiger partial charge in [-0.15, -0.1) is 11.6 Å². The van der Waals surface area contributed by atoms with E-state index in [1.54, 1.807) is 0 Å². The van der Waals surface area contributed by atoms with Gasteiger partial charge in [-0.2, -0.15) is 0 Å². The number of hydrogen-bond acceptors (Lipinski definition) is 3. The van der Waals surface area contributed by atoms with Crippen molar-refractivity contribution in [3.8, 4) is 0 Å². The first-order chi connectivity index (χ1) is 7.29. The monoisotopic (exact) mass is 233 g/mol. The molecule has 0 aromatic carbocycles. The number of carbonyl (C=O) groups is 1. The molecule has 1 saturated heterocycles. The van der Waals surface area contributed by atoms with E-state index < -0.39 is 0 Å². The number of ether oxygens (including phenoxy) is 1. The summed E-state index contributed by atoms with van der Waals surface area (Å²) < 4.78 is 5.08. The number of alkyl halides is 1. The molecule has 1 aliphatic rings. The Hall–Kier alpha value is -0.280. The molecule has 0 N–H and O–H groups in total. The van der Waals surface area contributed by atoms with Crippen molar-refractivity contribution < 1.29 is 9.53 Å². The smallest absolute Gasteiger partial charge is 0.323 e. The van der Waals surface area contributed by atoms with E-state index in [1.165, 1.54) is 6.42 Å². The maximum absolute atomic E-state index is 11.7. The van der Waals surface area contributed by atoms with E-state index in [4.69, 9.17) is 16.3 Å². The molecule has 0 spiro atoms. The van der Waals surface area contributed by atoms with Gasteiger partial charge in [-0.25, -0.2) is 0 Å². The first kappa shape index (κ1) is 12.8. The predicted molar refractivity (Wildman–Crippen MR) is 61.2 cm³/mol. The number of carbonyl (C=O) groups excluding carboxylic acids is 1. The highest BCUT2D eigenvalue weighted by molar-refractivity contribution is 6.17. The summed E-state index contributed by atoms with van der Waals surface area (Å²) in [6.07, 6.45) is 4.18. The molecular weight excluding hydrogens is 214 g/mol. The quantitative estimate of drug-likeness (QED) is 0.538. The molecule has 1 heterocycles. The Morgan fingerprint density at radius 1 is 1.53 bits per heavy atom. The highest BCUT2D eigenvalue weighted by Crippen LogP contribution is 2.18. The lowest BCUT2D eigenvalue weighted by Crippen LogP contribution is -2.45. The number of nitrogens with zero attached hydrogens (tertiary/aromatic N) is 1. The molecule has 1 fully saturated rings. The Bertz CT molecular complexity index is 199. The molecule has 1 atom stereocenters. The second kappa shape index (κ2) is 7.07. The molecule has 0 aliphatic carbocycles. The molecule has 88 valence electrons. The minimum atomic E-state index is -0.0632. The second-order valence-corrected chi connectivity index (χ2v) is 4.22. The maximum atomic E-state index is 11.7. The normalized spacial score (nSPS) is 22.7. The average molecular weight is 234 g/mol. The van der Waals surface area contributed by atoms with Gasteiger partial charge in [0.2, 0.25) is 0 Å². The van der Waals surface area contributed by atoms with E-state index >= 15 is 0 Å². The molecule has 0 saturated carbocycles. The highest BCUT2D eigenvalue weighted by atomic mass is 35.5. The van der Waals surface area contributed by atoms with Crippen LogP contribution in [-0.2, 0) is 9.53 Å². The van der Waals surface area contributed by atoms with Crippen LogP contribution in [0.5, 0.6) is 0 Å². The van der Waals surface area contributed by atoms with E-state index in [1.807, 2.05) is 6.92 Å². The lowest BCUT2D eigenvalue weighted by Gasteiger charge is -2.33. The van der Waals surface area contributed by atoms with Crippen LogP contribution in [0.2, 0.25) is 0 Å². The van der Waals surface area contributed by atoms with E-state index in [2.05, 4.69) is 4.90 Å². The van der Waals surface area contributed by atoms with Crippen molar-refractivity contribution in [2.75, 3.05) is 25.6 Å². The number of piperidine rings is 1. The molecule has 15 heavy (non-hydrogen) atoms. The van der Waals surface area contributed by atoms with Crippen molar-refractivity contribution in [3.63, 3.8) is 0 Å². The van der Waals surface area contributed by atoms with Gasteiger partial charge in [-0.1, -0.05) is 6.42 Å². The molecule has 1 unspecified atom stereocenters. The standard InChI is InChI=1S/C11H20ClNO2/c1-2-15-11(14)10-6-3-4-8-13(10)9-5-7-12/h10H,2-9H2,1H3. The van der Waals surface area contributed by atoms with Crippen LogP contribution < -0.4 is 0 Å². The fourth-order valence-electron chi connectivity index (χ4n) is 2.03. The summed E-state index contributed by atoms with van der Waals surface area (Å²) in [7, 11) is 0. The van der Waals surface area contributed by atoms with Crippen molar-refractivity contribution in [3.05, 3.63) is 0 Å². The summed E-state index contributed by atoms with van der Waals surface area (Å²) in [4.78, 5) is 13.9. The van der Waals surface area contributed by atoms with Gasteiger partial charge in [0.15, 0.2) is 0 Å². The third-order valence-electron chi connectivity index (χ3n) is 2.75. The van der Waals surface area contributed by atoms with Gasteiger partial charge in [-0.05, 0) is 32.7 Å².